The largest absolute Gasteiger partial charge is 0.468 e. The SMILES string of the molecule is COCCSCC(=O)NCC(=O)OC. The molecule has 0 unspecified atom stereocenters. The van der Waals surface area contributed by atoms with E-state index in [1.165, 1.54) is 18.9 Å². The fraction of sp³-hybridized carbons (Fsp3) is 0.750. The third-order valence-electron chi connectivity index (χ3n) is 1.32. The molecule has 0 fully saturated rings. The van der Waals surface area contributed by atoms with Gasteiger partial charge in [-0.2, -0.15) is 0 Å². The van der Waals surface area contributed by atoms with Crippen LogP contribution in [0.3, 0.4) is 0 Å². The number of methoxy groups -OCH3 is 2. The molecule has 0 saturated heterocycles. The number of esters is 1. The molecular weight excluding hydrogens is 206 g/mol. The number of hydrogen-bond donors (Lipinski definition) is 1. The summed E-state index contributed by atoms with van der Waals surface area (Å²) in [7, 11) is 2.89. The summed E-state index contributed by atoms with van der Waals surface area (Å²) in [6.07, 6.45) is 0. The first kappa shape index (κ1) is 13.2. The minimum absolute atomic E-state index is 0.0693. The molecule has 1 amide bonds. The van der Waals surface area contributed by atoms with E-state index < -0.39 is 5.97 Å². The third-order valence-corrected chi connectivity index (χ3v) is 2.24. The van der Waals surface area contributed by atoms with Crippen LogP contribution >= 0.6 is 11.8 Å². The zero-order chi connectivity index (χ0) is 10.8. The number of carbonyl (C=O) groups excluding carboxylic acids is 2. The van der Waals surface area contributed by atoms with Gasteiger partial charge < -0.3 is 14.8 Å². The summed E-state index contributed by atoms with van der Waals surface area (Å²) in [5.41, 5.74) is 0. The minimum atomic E-state index is -0.444. The molecule has 14 heavy (non-hydrogen) atoms. The zero-order valence-electron chi connectivity index (χ0n) is 8.37. The Hall–Kier alpha value is -0.750. The van der Waals surface area contributed by atoms with Crippen molar-refractivity contribution in [1.29, 1.82) is 0 Å². The fourth-order valence-corrected chi connectivity index (χ4v) is 1.32. The fourth-order valence-electron chi connectivity index (χ4n) is 0.601. The smallest absolute Gasteiger partial charge is 0.325 e. The third kappa shape index (κ3) is 7.88. The highest BCUT2D eigenvalue weighted by Crippen LogP contribution is 1.97. The average molecular weight is 221 g/mol. The van der Waals surface area contributed by atoms with Crippen LogP contribution in [-0.4, -0.2) is 50.8 Å². The highest BCUT2D eigenvalue weighted by atomic mass is 32.2. The van der Waals surface area contributed by atoms with Gasteiger partial charge in [-0.3, -0.25) is 9.59 Å². The number of hydrogen-bond acceptors (Lipinski definition) is 5. The first-order valence-electron chi connectivity index (χ1n) is 4.11. The molecule has 0 aliphatic carbocycles. The van der Waals surface area contributed by atoms with Gasteiger partial charge >= 0.3 is 5.97 Å². The van der Waals surface area contributed by atoms with E-state index in [0.717, 1.165) is 5.75 Å². The Morgan fingerprint density at radius 3 is 2.64 bits per heavy atom. The lowest BCUT2D eigenvalue weighted by atomic mass is 10.6. The quantitative estimate of drug-likeness (QED) is 0.470. The molecule has 0 aliphatic rings. The lowest BCUT2D eigenvalue weighted by Crippen LogP contribution is -2.31. The standard InChI is InChI=1S/C8H15NO4S/c1-12-3-4-14-6-7(10)9-5-8(11)13-2/h3-6H2,1-2H3,(H,9,10). The molecule has 0 rings (SSSR count). The van der Waals surface area contributed by atoms with Gasteiger partial charge in [0.15, 0.2) is 0 Å². The number of nitrogens with one attached hydrogen (secondary N) is 1. The molecule has 5 nitrogen and oxygen atoms in total. The van der Waals surface area contributed by atoms with E-state index in [0.29, 0.717) is 12.4 Å². The first-order chi connectivity index (χ1) is 6.70. The summed E-state index contributed by atoms with van der Waals surface area (Å²) < 4.78 is 9.18. The van der Waals surface area contributed by atoms with Gasteiger partial charge in [-0.25, -0.2) is 0 Å². The number of rotatable bonds is 7. The van der Waals surface area contributed by atoms with Crippen molar-refractivity contribution in [3.63, 3.8) is 0 Å². The van der Waals surface area contributed by atoms with Gasteiger partial charge in [-0.1, -0.05) is 0 Å². The lowest BCUT2D eigenvalue weighted by molar-refractivity contribution is -0.140. The molecule has 1 N–H and O–H groups in total. The van der Waals surface area contributed by atoms with E-state index in [-0.39, 0.29) is 12.5 Å². The van der Waals surface area contributed by atoms with Crippen LogP contribution in [0.1, 0.15) is 0 Å². The van der Waals surface area contributed by atoms with Crippen LogP contribution in [0.15, 0.2) is 0 Å². The molecule has 0 aromatic rings. The monoisotopic (exact) mass is 221 g/mol. The number of ether oxygens (including phenoxy) is 2. The summed E-state index contributed by atoms with van der Waals surface area (Å²) in [4.78, 5) is 21.7. The molecule has 0 aromatic heterocycles. The van der Waals surface area contributed by atoms with Crippen molar-refractivity contribution < 1.29 is 19.1 Å². The summed E-state index contributed by atoms with van der Waals surface area (Å²) in [5.74, 6) is 0.486. The van der Waals surface area contributed by atoms with Crippen LogP contribution in [0.2, 0.25) is 0 Å². The van der Waals surface area contributed by atoms with E-state index in [9.17, 15) is 9.59 Å². The van der Waals surface area contributed by atoms with Crippen LogP contribution in [-0.2, 0) is 19.1 Å². The Bertz CT molecular complexity index is 186. The second-order valence-electron chi connectivity index (χ2n) is 2.40. The van der Waals surface area contributed by atoms with Crippen molar-refractivity contribution in [3.8, 4) is 0 Å². The van der Waals surface area contributed by atoms with E-state index >= 15 is 0 Å². The predicted octanol–water partition coefficient (Wildman–Crippen LogP) is -0.345. The summed E-state index contributed by atoms with van der Waals surface area (Å²) in [5, 5.41) is 2.44. The number of carbonyl (C=O) groups is 2. The predicted molar refractivity (Wildman–Crippen MR) is 54.2 cm³/mol. The van der Waals surface area contributed by atoms with E-state index in [1.54, 1.807) is 7.11 Å². The molecule has 0 atom stereocenters. The molecule has 6 heteroatoms. The molecule has 0 heterocycles. The molecule has 0 spiro atoms. The molecular formula is C8H15NO4S. The molecule has 0 bridgehead atoms. The Kier molecular flexibility index (Phi) is 8.36. The topological polar surface area (TPSA) is 64.6 Å². The van der Waals surface area contributed by atoms with Gasteiger partial charge in [0.05, 0.1) is 19.5 Å². The highest BCUT2D eigenvalue weighted by Gasteiger charge is 2.04. The molecule has 0 radical (unpaired) electrons. The van der Waals surface area contributed by atoms with Crippen molar-refractivity contribution in [2.24, 2.45) is 0 Å². The van der Waals surface area contributed by atoms with Crippen LogP contribution < -0.4 is 5.32 Å². The normalized spacial score (nSPS) is 9.57. The first-order valence-corrected chi connectivity index (χ1v) is 5.26. The molecule has 0 aliphatic heterocycles. The minimum Gasteiger partial charge on any atom is -0.468 e. The highest BCUT2D eigenvalue weighted by molar-refractivity contribution is 7.99. The van der Waals surface area contributed by atoms with Crippen molar-refractivity contribution in [3.05, 3.63) is 0 Å². The summed E-state index contributed by atoms with van der Waals surface area (Å²) in [6, 6.07) is 0. The zero-order valence-corrected chi connectivity index (χ0v) is 9.19. The van der Waals surface area contributed by atoms with Crippen LogP contribution in [0.4, 0.5) is 0 Å². The van der Waals surface area contributed by atoms with Gasteiger partial charge in [0, 0.05) is 12.9 Å². The van der Waals surface area contributed by atoms with Crippen molar-refractivity contribution >= 4 is 23.6 Å². The second kappa shape index (κ2) is 8.83. The number of amides is 1. The Morgan fingerprint density at radius 2 is 2.07 bits per heavy atom. The Balaban J connectivity index is 3.32. The maximum absolute atomic E-state index is 11.0. The van der Waals surface area contributed by atoms with Gasteiger partial charge in [0.1, 0.15) is 6.54 Å². The van der Waals surface area contributed by atoms with Crippen LogP contribution in [0, 0.1) is 0 Å². The summed E-state index contributed by atoms with van der Waals surface area (Å²) >= 11 is 1.46. The Morgan fingerprint density at radius 1 is 1.36 bits per heavy atom. The van der Waals surface area contributed by atoms with Crippen molar-refractivity contribution in [2.75, 3.05) is 38.9 Å². The van der Waals surface area contributed by atoms with Crippen molar-refractivity contribution in [1.82, 2.24) is 5.32 Å². The molecule has 0 aromatic carbocycles. The second-order valence-corrected chi connectivity index (χ2v) is 3.50. The van der Waals surface area contributed by atoms with E-state index in [4.69, 9.17) is 4.74 Å². The van der Waals surface area contributed by atoms with Crippen LogP contribution in [0.25, 0.3) is 0 Å². The van der Waals surface area contributed by atoms with Gasteiger partial charge in [-0.05, 0) is 0 Å². The maximum Gasteiger partial charge on any atom is 0.325 e. The van der Waals surface area contributed by atoms with Crippen LogP contribution in [0.5, 0.6) is 0 Å². The Labute approximate surface area is 87.5 Å². The number of thioether (sulfide) groups is 1. The maximum atomic E-state index is 11.0. The van der Waals surface area contributed by atoms with Gasteiger partial charge in [-0.15, -0.1) is 11.8 Å². The summed E-state index contributed by atoms with van der Waals surface area (Å²) in [6.45, 7) is 0.551. The van der Waals surface area contributed by atoms with E-state index in [2.05, 4.69) is 10.1 Å². The van der Waals surface area contributed by atoms with E-state index in [1.807, 2.05) is 0 Å². The molecule has 82 valence electrons. The van der Waals surface area contributed by atoms with Gasteiger partial charge in [0.25, 0.3) is 0 Å². The van der Waals surface area contributed by atoms with Gasteiger partial charge in [0.2, 0.25) is 5.91 Å². The molecule has 0 saturated carbocycles. The average Bonchev–Trinajstić information content (AvgIpc) is 2.21. The van der Waals surface area contributed by atoms with Crippen molar-refractivity contribution in [2.45, 2.75) is 0 Å². The lowest BCUT2D eigenvalue weighted by Gasteiger charge is -2.03.